The molecule has 1 aromatic carbocycles. The lowest BCUT2D eigenvalue weighted by Crippen LogP contribution is -2.26. The number of fused-ring (bicyclic) bond motifs is 2. The highest BCUT2D eigenvalue weighted by molar-refractivity contribution is 7.46. The maximum absolute atomic E-state index is 12.6. The highest BCUT2D eigenvalue weighted by Gasteiger charge is 2.39. The molecule has 0 radical (unpaired) electrons. The number of ether oxygens (including phenoxy) is 1. The van der Waals surface area contributed by atoms with Gasteiger partial charge >= 0.3 is 7.82 Å². The Morgan fingerprint density at radius 1 is 1.20 bits per heavy atom. The molecule has 16 nitrogen and oxygen atoms in total. The Hall–Kier alpha value is -4.18. The Morgan fingerprint density at radius 2 is 1.98 bits per heavy atom. The lowest BCUT2D eigenvalue weighted by atomic mass is 10.1. The van der Waals surface area contributed by atoms with Gasteiger partial charge in [0.2, 0.25) is 17.8 Å². The first-order valence-corrected chi connectivity index (χ1v) is 13.6. The number of H-pyrrole nitrogens is 1. The molecule has 5 heterocycles. The van der Waals surface area contributed by atoms with Gasteiger partial charge in [0, 0.05) is 25.2 Å². The molecule has 1 aliphatic heterocycles. The van der Waals surface area contributed by atoms with Crippen LogP contribution in [0.4, 0.5) is 17.8 Å². The van der Waals surface area contributed by atoms with Crippen LogP contribution >= 0.6 is 7.82 Å². The van der Waals surface area contributed by atoms with Crippen molar-refractivity contribution in [3.63, 3.8) is 0 Å². The van der Waals surface area contributed by atoms with E-state index in [2.05, 4.69) is 34.8 Å². The number of nitrogens with two attached hydrogens (primary N) is 1. The first-order valence-electron chi connectivity index (χ1n) is 12.0. The SMILES string of the molecule is Cn1c(Nc2nc3c(=O)[nH]c(N)nc3n2[C@H]2C[C@H](O)[C@@H](COP(=O)(O)O)O2)nc2ncc(-c3ccccc3)cc21. The minimum Gasteiger partial charge on any atom is -0.390 e. The van der Waals surface area contributed by atoms with Crippen LogP contribution in [0.5, 0.6) is 0 Å². The minimum absolute atomic E-state index is 0.0196. The normalized spacial score (nSPS) is 19.6. The van der Waals surface area contributed by atoms with Crippen LogP contribution in [0.2, 0.25) is 0 Å². The third-order valence-corrected chi connectivity index (χ3v) is 7.02. The number of aromatic nitrogens is 7. The lowest BCUT2D eigenvalue weighted by molar-refractivity contribution is -0.0417. The number of hydrogen-bond acceptors (Lipinski definition) is 11. The largest absolute Gasteiger partial charge is 0.469 e. The third kappa shape index (κ3) is 4.83. The molecule has 17 heteroatoms. The Bertz CT molecular complexity index is 1830. The zero-order chi connectivity index (χ0) is 28.2. The van der Waals surface area contributed by atoms with Crippen LogP contribution in [0.3, 0.4) is 0 Å². The highest BCUT2D eigenvalue weighted by Crippen LogP contribution is 2.39. The first kappa shape index (κ1) is 26.1. The summed E-state index contributed by atoms with van der Waals surface area (Å²) in [7, 11) is -3.00. The summed E-state index contributed by atoms with van der Waals surface area (Å²) in [5, 5.41) is 13.6. The summed E-state index contributed by atoms with van der Waals surface area (Å²) in [6.45, 7) is -0.562. The standard InChI is InChI=1S/C23H24N9O7P/c1-31-13-7-12(11-5-3-2-4-6-11)9-25-18(13)27-22(31)30-23-26-17-19(28-21(24)29-20(17)34)32(23)16-8-14(33)15(39-16)10-38-40(35,36)37/h2-7,9,14-16,33H,8,10H2,1H3,(H2,35,36,37)(H3,24,28,29,34)(H,25,26,27,30)/t14-,15+,16+/m0/s1. The second kappa shape index (κ2) is 9.78. The van der Waals surface area contributed by atoms with Crippen LogP contribution in [-0.2, 0) is 20.9 Å². The Morgan fingerprint density at radius 3 is 2.73 bits per heavy atom. The number of aliphatic hydroxyl groups is 1. The van der Waals surface area contributed by atoms with Gasteiger partial charge in [0.05, 0.1) is 18.2 Å². The van der Waals surface area contributed by atoms with Gasteiger partial charge in [0.1, 0.15) is 12.3 Å². The van der Waals surface area contributed by atoms with E-state index in [0.717, 1.165) is 16.6 Å². The number of rotatable bonds is 7. The smallest absolute Gasteiger partial charge is 0.390 e. The molecule has 7 N–H and O–H groups in total. The number of anilines is 3. The molecule has 1 aliphatic rings. The molecule has 0 saturated carbocycles. The molecule has 0 aliphatic carbocycles. The summed E-state index contributed by atoms with van der Waals surface area (Å²) in [5.41, 5.74) is 8.31. The number of aliphatic hydroxyl groups excluding tert-OH is 1. The van der Waals surface area contributed by atoms with Crippen molar-refractivity contribution < 1.29 is 28.7 Å². The monoisotopic (exact) mass is 569 g/mol. The lowest BCUT2D eigenvalue weighted by Gasteiger charge is -2.18. The Kier molecular flexibility index (Phi) is 6.37. The molecule has 4 aromatic heterocycles. The second-order valence-electron chi connectivity index (χ2n) is 9.20. The van der Waals surface area contributed by atoms with Gasteiger partial charge in [0.15, 0.2) is 16.8 Å². The molecule has 208 valence electrons. The highest BCUT2D eigenvalue weighted by atomic mass is 31.2. The molecular formula is C23H24N9O7P. The molecule has 0 unspecified atom stereocenters. The van der Waals surface area contributed by atoms with Gasteiger partial charge in [-0.15, -0.1) is 0 Å². The summed E-state index contributed by atoms with van der Waals surface area (Å²) in [6, 6.07) is 11.7. The van der Waals surface area contributed by atoms with Crippen LogP contribution in [0.1, 0.15) is 12.6 Å². The molecule has 0 bridgehead atoms. The van der Waals surface area contributed by atoms with E-state index in [1.54, 1.807) is 17.8 Å². The van der Waals surface area contributed by atoms with Crippen LogP contribution < -0.4 is 16.6 Å². The maximum Gasteiger partial charge on any atom is 0.469 e. The molecule has 40 heavy (non-hydrogen) atoms. The zero-order valence-corrected chi connectivity index (χ0v) is 21.8. The Labute approximate surface area is 224 Å². The van der Waals surface area contributed by atoms with Gasteiger partial charge in [-0.1, -0.05) is 30.3 Å². The van der Waals surface area contributed by atoms with E-state index in [1.807, 2.05) is 36.4 Å². The van der Waals surface area contributed by atoms with Gasteiger partial charge in [-0.05, 0) is 11.6 Å². The quantitative estimate of drug-likeness (QED) is 0.151. The number of imidazole rings is 2. The molecule has 3 atom stereocenters. The number of nitrogen functional groups attached to an aromatic ring is 1. The summed E-state index contributed by atoms with van der Waals surface area (Å²) in [4.78, 5) is 50.8. The number of nitrogens with one attached hydrogen (secondary N) is 2. The fraction of sp³-hybridized carbons (Fsp3) is 0.261. The number of phosphoric ester groups is 1. The zero-order valence-electron chi connectivity index (χ0n) is 20.9. The van der Waals surface area contributed by atoms with Crippen LogP contribution in [-0.4, -0.2) is 67.8 Å². The van der Waals surface area contributed by atoms with Gasteiger partial charge in [0.25, 0.3) is 5.56 Å². The van der Waals surface area contributed by atoms with Crippen molar-refractivity contribution in [2.45, 2.75) is 24.9 Å². The Balaban J connectivity index is 1.39. The molecule has 0 amide bonds. The van der Waals surface area contributed by atoms with Crippen molar-refractivity contribution in [1.82, 2.24) is 34.1 Å². The van der Waals surface area contributed by atoms with Crippen LogP contribution in [0, 0.1) is 0 Å². The van der Waals surface area contributed by atoms with E-state index in [0.29, 0.717) is 11.6 Å². The van der Waals surface area contributed by atoms with E-state index in [4.69, 9.17) is 20.3 Å². The number of aromatic amines is 1. The number of nitrogens with zero attached hydrogens (tertiary/aromatic N) is 6. The average molecular weight is 569 g/mol. The van der Waals surface area contributed by atoms with Crippen molar-refractivity contribution in [3.05, 3.63) is 52.9 Å². The molecule has 6 rings (SSSR count). The van der Waals surface area contributed by atoms with Crippen molar-refractivity contribution in [2.75, 3.05) is 17.7 Å². The number of aryl methyl sites for hydroxylation is 1. The van der Waals surface area contributed by atoms with E-state index >= 15 is 0 Å². The van der Waals surface area contributed by atoms with E-state index < -0.39 is 38.4 Å². The predicted octanol–water partition coefficient (Wildman–Crippen LogP) is 1.15. The summed E-state index contributed by atoms with van der Waals surface area (Å²) < 4.78 is 24.7. The number of benzene rings is 1. The van der Waals surface area contributed by atoms with Crippen molar-refractivity contribution in [3.8, 4) is 11.1 Å². The van der Waals surface area contributed by atoms with E-state index in [9.17, 15) is 14.5 Å². The maximum atomic E-state index is 12.6. The number of pyridine rings is 1. The number of hydrogen-bond donors (Lipinski definition) is 6. The van der Waals surface area contributed by atoms with Crippen LogP contribution in [0.25, 0.3) is 33.5 Å². The topological polar surface area (TPSA) is 229 Å². The molecule has 0 spiro atoms. The van der Waals surface area contributed by atoms with Crippen molar-refractivity contribution in [2.24, 2.45) is 7.05 Å². The first-order chi connectivity index (χ1) is 19.1. The average Bonchev–Trinajstić information content (AvgIpc) is 3.55. The fourth-order valence-electron chi connectivity index (χ4n) is 4.62. The second-order valence-corrected chi connectivity index (χ2v) is 10.4. The minimum atomic E-state index is -4.79. The molecule has 1 saturated heterocycles. The van der Waals surface area contributed by atoms with Crippen molar-refractivity contribution >= 4 is 48.0 Å². The number of phosphoric acid groups is 1. The molecular weight excluding hydrogens is 545 g/mol. The molecule has 5 aromatic rings. The summed E-state index contributed by atoms with van der Waals surface area (Å²) in [6.07, 6.45) is -1.45. The van der Waals surface area contributed by atoms with Crippen molar-refractivity contribution in [1.29, 1.82) is 0 Å². The summed E-state index contributed by atoms with van der Waals surface area (Å²) in [5.74, 6) is 0.285. The van der Waals surface area contributed by atoms with E-state index in [1.165, 1.54) is 4.57 Å². The fourth-order valence-corrected chi connectivity index (χ4v) is 4.97. The van der Waals surface area contributed by atoms with Gasteiger partial charge in [-0.25, -0.2) is 14.5 Å². The summed E-state index contributed by atoms with van der Waals surface area (Å²) >= 11 is 0. The molecule has 1 fully saturated rings. The van der Waals surface area contributed by atoms with Crippen LogP contribution in [0.15, 0.2) is 47.4 Å². The van der Waals surface area contributed by atoms with Gasteiger partial charge < -0.3 is 29.9 Å². The third-order valence-electron chi connectivity index (χ3n) is 6.54. The van der Waals surface area contributed by atoms with Gasteiger partial charge in [-0.2, -0.15) is 9.97 Å². The van der Waals surface area contributed by atoms with Gasteiger partial charge in [-0.3, -0.25) is 24.2 Å². The predicted molar refractivity (Wildman–Crippen MR) is 142 cm³/mol. The van der Waals surface area contributed by atoms with E-state index in [-0.39, 0.29) is 29.5 Å².